The van der Waals surface area contributed by atoms with E-state index in [0.29, 0.717) is 17.9 Å². The Balaban J connectivity index is 1.50. The first-order valence-corrected chi connectivity index (χ1v) is 11.9. The minimum Gasteiger partial charge on any atom is -0.495 e. The SMILES string of the molecule is COc1cc(-c2cn(C3CC(C)(C)c4ccccc4N(CCF)C3=O)nn2)ccc1-n1cnc(C)c1. The highest BCUT2D eigenvalue weighted by molar-refractivity contribution is 5.98. The van der Waals surface area contributed by atoms with Crippen molar-refractivity contribution in [3.8, 4) is 22.7 Å². The van der Waals surface area contributed by atoms with Crippen LogP contribution in [0.5, 0.6) is 5.75 Å². The number of aryl methyl sites for hydroxylation is 1. The second-order valence-corrected chi connectivity index (χ2v) is 9.69. The van der Waals surface area contributed by atoms with Crippen LogP contribution in [-0.2, 0) is 10.2 Å². The van der Waals surface area contributed by atoms with E-state index in [-0.39, 0.29) is 17.9 Å². The van der Waals surface area contributed by atoms with E-state index in [9.17, 15) is 9.18 Å². The highest BCUT2D eigenvalue weighted by atomic mass is 19.1. The zero-order valence-electron chi connectivity index (χ0n) is 20.8. The molecule has 0 bridgehead atoms. The zero-order chi connectivity index (χ0) is 25.4. The van der Waals surface area contributed by atoms with Gasteiger partial charge in [0.1, 0.15) is 24.2 Å². The van der Waals surface area contributed by atoms with E-state index >= 15 is 0 Å². The number of anilines is 1. The third kappa shape index (κ3) is 4.14. The summed E-state index contributed by atoms with van der Waals surface area (Å²) in [6.45, 7) is 5.50. The lowest BCUT2D eigenvalue weighted by atomic mass is 9.79. The number of hydrogen-bond acceptors (Lipinski definition) is 5. The number of rotatable bonds is 6. The molecule has 186 valence electrons. The number of fused-ring (bicyclic) bond motifs is 1. The first-order chi connectivity index (χ1) is 17.3. The summed E-state index contributed by atoms with van der Waals surface area (Å²) >= 11 is 0. The molecule has 0 radical (unpaired) electrons. The number of alkyl halides is 1. The first-order valence-electron chi connectivity index (χ1n) is 11.9. The highest BCUT2D eigenvalue weighted by Crippen LogP contribution is 2.42. The smallest absolute Gasteiger partial charge is 0.252 e. The molecule has 3 heterocycles. The number of para-hydroxylation sites is 1. The van der Waals surface area contributed by atoms with Crippen molar-refractivity contribution in [1.29, 1.82) is 0 Å². The van der Waals surface area contributed by atoms with Gasteiger partial charge in [-0.1, -0.05) is 43.3 Å². The van der Waals surface area contributed by atoms with Gasteiger partial charge in [0.2, 0.25) is 0 Å². The molecule has 4 aromatic rings. The van der Waals surface area contributed by atoms with Gasteiger partial charge in [-0.2, -0.15) is 0 Å². The van der Waals surface area contributed by atoms with Crippen LogP contribution in [0, 0.1) is 6.92 Å². The summed E-state index contributed by atoms with van der Waals surface area (Å²) in [5.74, 6) is 0.473. The number of nitrogens with zero attached hydrogens (tertiary/aromatic N) is 6. The Morgan fingerprint density at radius 3 is 2.67 bits per heavy atom. The first kappa shape index (κ1) is 23.7. The van der Waals surface area contributed by atoms with Crippen LogP contribution in [0.25, 0.3) is 16.9 Å². The molecule has 2 aromatic carbocycles. The van der Waals surface area contributed by atoms with Crippen LogP contribution in [0.1, 0.15) is 37.6 Å². The van der Waals surface area contributed by atoms with Crippen LogP contribution in [0.3, 0.4) is 0 Å². The minimum atomic E-state index is -0.627. The summed E-state index contributed by atoms with van der Waals surface area (Å²) < 4.78 is 22.6. The van der Waals surface area contributed by atoms with Gasteiger partial charge in [0.15, 0.2) is 0 Å². The molecule has 0 N–H and O–H groups in total. The molecule has 0 saturated heterocycles. The summed E-state index contributed by atoms with van der Waals surface area (Å²) in [7, 11) is 1.62. The number of aromatic nitrogens is 5. The van der Waals surface area contributed by atoms with E-state index in [4.69, 9.17) is 4.74 Å². The Hall–Kier alpha value is -4.01. The monoisotopic (exact) mass is 488 g/mol. The predicted octanol–water partition coefficient (Wildman–Crippen LogP) is 4.67. The van der Waals surface area contributed by atoms with Gasteiger partial charge in [0.25, 0.3) is 5.91 Å². The van der Waals surface area contributed by atoms with Gasteiger partial charge in [-0.05, 0) is 42.5 Å². The molecule has 1 amide bonds. The average molecular weight is 489 g/mol. The van der Waals surface area contributed by atoms with Crippen LogP contribution in [0.2, 0.25) is 0 Å². The van der Waals surface area contributed by atoms with Gasteiger partial charge in [-0.15, -0.1) is 5.10 Å². The maximum absolute atomic E-state index is 13.7. The molecule has 1 unspecified atom stereocenters. The number of hydrogen-bond donors (Lipinski definition) is 0. The van der Waals surface area contributed by atoms with Crippen molar-refractivity contribution in [2.45, 2.75) is 38.6 Å². The minimum absolute atomic E-state index is 0.00361. The molecule has 9 heteroatoms. The molecule has 8 nitrogen and oxygen atoms in total. The standard InChI is InChI=1S/C27H29FN6O2/c1-18-15-32(17-29-18)23-10-9-19(13-25(23)36-4)21-16-34(31-30-21)24-14-27(2,3)20-7-5-6-8-22(20)33(12-11-28)26(24)35/h5-10,13,15-17,24H,11-12,14H2,1-4H3. The van der Waals surface area contributed by atoms with E-state index < -0.39 is 12.7 Å². The summed E-state index contributed by atoms with van der Waals surface area (Å²) in [5, 5.41) is 8.71. The van der Waals surface area contributed by atoms with Gasteiger partial charge in [-0.25, -0.2) is 14.1 Å². The number of amides is 1. The molecule has 0 fully saturated rings. The normalized spacial score (nSPS) is 17.1. The Kier molecular flexibility index (Phi) is 6.07. The van der Waals surface area contributed by atoms with Crippen molar-refractivity contribution < 1.29 is 13.9 Å². The van der Waals surface area contributed by atoms with E-state index in [2.05, 4.69) is 29.1 Å². The van der Waals surface area contributed by atoms with Crippen molar-refractivity contribution in [3.63, 3.8) is 0 Å². The number of carbonyl (C=O) groups excluding carboxylic acids is 1. The number of ether oxygens (including phenoxy) is 1. The molecule has 0 spiro atoms. The highest BCUT2D eigenvalue weighted by Gasteiger charge is 2.40. The van der Waals surface area contributed by atoms with E-state index in [1.807, 2.05) is 60.2 Å². The van der Waals surface area contributed by atoms with Crippen molar-refractivity contribution in [3.05, 3.63) is 72.4 Å². The zero-order valence-corrected chi connectivity index (χ0v) is 20.8. The predicted molar refractivity (Wildman–Crippen MR) is 135 cm³/mol. The van der Waals surface area contributed by atoms with Crippen molar-refractivity contribution in [2.75, 3.05) is 25.2 Å². The molecule has 1 aliphatic rings. The lowest BCUT2D eigenvalue weighted by molar-refractivity contribution is -0.122. The van der Waals surface area contributed by atoms with Crippen LogP contribution >= 0.6 is 0 Å². The van der Waals surface area contributed by atoms with Crippen molar-refractivity contribution >= 4 is 11.6 Å². The number of halogens is 1. The Morgan fingerprint density at radius 2 is 1.94 bits per heavy atom. The van der Waals surface area contributed by atoms with E-state index in [1.54, 1.807) is 29.2 Å². The Morgan fingerprint density at radius 1 is 1.14 bits per heavy atom. The molecular formula is C27H29FN6O2. The van der Waals surface area contributed by atoms with E-state index in [0.717, 1.165) is 28.2 Å². The van der Waals surface area contributed by atoms with Crippen LogP contribution in [0.15, 0.2) is 61.2 Å². The van der Waals surface area contributed by atoms with Gasteiger partial charge in [0, 0.05) is 17.4 Å². The second kappa shape index (κ2) is 9.22. The third-order valence-electron chi connectivity index (χ3n) is 6.78. The molecule has 1 atom stereocenters. The summed E-state index contributed by atoms with van der Waals surface area (Å²) in [5.41, 5.74) is 4.63. The Bertz CT molecular complexity index is 1410. The molecule has 0 aliphatic carbocycles. The molecular weight excluding hydrogens is 459 g/mol. The number of carbonyl (C=O) groups is 1. The summed E-state index contributed by atoms with van der Waals surface area (Å²) in [6.07, 6.45) is 5.95. The van der Waals surface area contributed by atoms with E-state index in [1.165, 1.54) is 0 Å². The third-order valence-corrected chi connectivity index (χ3v) is 6.78. The number of methoxy groups -OCH3 is 1. The number of benzene rings is 2. The van der Waals surface area contributed by atoms with Gasteiger partial charge in [0.05, 0.1) is 37.6 Å². The molecule has 0 saturated carbocycles. The van der Waals surface area contributed by atoms with Crippen LogP contribution in [-0.4, -0.2) is 50.8 Å². The fourth-order valence-electron chi connectivity index (χ4n) is 4.95. The largest absolute Gasteiger partial charge is 0.495 e. The maximum atomic E-state index is 13.7. The van der Waals surface area contributed by atoms with Crippen LogP contribution in [0.4, 0.5) is 10.1 Å². The fourth-order valence-corrected chi connectivity index (χ4v) is 4.95. The summed E-state index contributed by atoms with van der Waals surface area (Å²) in [4.78, 5) is 19.5. The van der Waals surface area contributed by atoms with Gasteiger partial charge < -0.3 is 14.2 Å². The lowest BCUT2D eigenvalue weighted by Gasteiger charge is -2.27. The lowest BCUT2D eigenvalue weighted by Crippen LogP contribution is -2.38. The topological polar surface area (TPSA) is 78.1 Å². The summed E-state index contributed by atoms with van der Waals surface area (Å²) in [6, 6.07) is 12.9. The second-order valence-electron chi connectivity index (χ2n) is 9.69. The molecule has 36 heavy (non-hydrogen) atoms. The molecule has 5 rings (SSSR count). The molecule has 1 aliphatic heterocycles. The maximum Gasteiger partial charge on any atom is 0.252 e. The average Bonchev–Trinajstić information content (AvgIpc) is 3.53. The number of imidazole rings is 1. The van der Waals surface area contributed by atoms with Crippen molar-refractivity contribution in [1.82, 2.24) is 24.5 Å². The quantitative estimate of drug-likeness (QED) is 0.394. The molecule has 2 aromatic heterocycles. The van der Waals surface area contributed by atoms with Gasteiger partial charge in [-0.3, -0.25) is 4.79 Å². The van der Waals surface area contributed by atoms with Gasteiger partial charge >= 0.3 is 0 Å². The van der Waals surface area contributed by atoms with Crippen LogP contribution < -0.4 is 9.64 Å². The Labute approximate surface area is 209 Å². The van der Waals surface area contributed by atoms with Crippen molar-refractivity contribution in [2.24, 2.45) is 0 Å². The fraction of sp³-hybridized carbons (Fsp3) is 0.333.